The monoisotopic (exact) mass is 266 g/mol. The summed E-state index contributed by atoms with van der Waals surface area (Å²) >= 11 is 0. The van der Waals surface area contributed by atoms with E-state index in [1.165, 1.54) is 77.7 Å². The van der Waals surface area contributed by atoms with E-state index in [9.17, 15) is 0 Å². The van der Waals surface area contributed by atoms with Crippen molar-refractivity contribution in [3.8, 4) is 0 Å². The highest BCUT2D eigenvalue weighted by Gasteiger charge is 2.23. The van der Waals surface area contributed by atoms with E-state index in [0.717, 1.165) is 17.8 Å². The molecule has 1 atom stereocenters. The van der Waals surface area contributed by atoms with Crippen LogP contribution in [0.5, 0.6) is 0 Å². The van der Waals surface area contributed by atoms with Gasteiger partial charge in [-0.3, -0.25) is 0 Å². The van der Waals surface area contributed by atoms with E-state index in [-0.39, 0.29) is 0 Å². The fourth-order valence-electron chi connectivity index (χ4n) is 3.75. The molecular formula is C17H34N2. The van der Waals surface area contributed by atoms with Crippen molar-refractivity contribution < 1.29 is 0 Å². The average molecular weight is 266 g/mol. The van der Waals surface area contributed by atoms with E-state index in [1.807, 2.05) is 0 Å². The lowest BCUT2D eigenvalue weighted by atomic mass is 9.81. The Kier molecular flexibility index (Phi) is 6.66. The molecule has 112 valence electrons. The second-order valence-corrected chi connectivity index (χ2v) is 7.07. The van der Waals surface area contributed by atoms with Crippen molar-refractivity contribution in [1.29, 1.82) is 0 Å². The van der Waals surface area contributed by atoms with Gasteiger partial charge < -0.3 is 10.2 Å². The summed E-state index contributed by atoms with van der Waals surface area (Å²) in [6.07, 6.45) is 10.1. The molecule has 1 saturated heterocycles. The number of likely N-dealkylation sites (tertiary alicyclic amines) is 1. The van der Waals surface area contributed by atoms with Gasteiger partial charge in [0.15, 0.2) is 0 Å². The van der Waals surface area contributed by atoms with Crippen LogP contribution in [0.2, 0.25) is 0 Å². The third-order valence-electron chi connectivity index (χ3n) is 5.22. The number of nitrogens with zero attached hydrogens (tertiary/aromatic N) is 1. The van der Waals surface area contributed by atoms with E-state index in [2.05, 4.69) is 24.1 Å². The third kappa shape index (κ3) is 5.43. The zero-order chi connectivity index (χ0) is 13.5. The Morgan fingerprint density at radius 3 is 2.58 bits per heavy atom. The minimum atomic E-state index is 0.915. The summed E-state index contributed by atoms with van der Waals surface area (Å²) in [7, 11) is 0. The maximum Gasteiger partial charge on any atom is 0.00223 e. The Bertz CT molecular complexity index is 233. The predicted molar refractivity (Wildman–Crippen MR) is 83.4 cm³/mol. The van der Waals surface area contributed by atoms with Crippen molar-refractivity contribution in [3.05, 3.63) is 0 Å². The van der Waals surface area contributed by atoms with Gasteiger partial charge in [0.05, 0.1) is 0 Å². The number of nitrogens with one attached hydrogen (secondary N) is 1. The Morgan fingerprint density at radius 2 is 1.84 bits per heavy atom. The normalized spacial score (nSPS) is 32.8. The molecule has 1 aliphatic heterocycles. The maximum absolute atomic E-state index is 3.58. The summed E-state index contributed by atoms with van der Waals surface area (Å²) in [4.78, 5) is 2.72. The third-order valence-corrected chi connectivity index (χ3v) is 5.22. The quantitative estimate of drug-likeness (QED) is 0.709. The van der Waals surface area contributed by atoms with Crippen LogP contribution < -0.4 is 5.32 Å². The molecule has 0 spiro atoms. The van der Waals surface area contributed by atoms with Gasteiger partial charge >= 0.3 is 0 Å². The molecule has 0 aromatic carbocycles. The number of hydrogen-bond acceptors (Lipinski definition) is 2. The van der Waals surface area contributed by atoms with Crippen molar-refractivity contribution in [1.82, 2.24) is 10.2 Å². The summed E-state index contributed by atoms with van der Waals surface area (Å²) in [6.45, 7) is 11.2. The number of rotatable bonds is 7. The van der Waals surface area contributed by atoms with Crippen LogP contribution in [0.3, 0.4) is 0 Å². The highest BCUT2D eigenvalue weighted by molar-refractivity contribution is 4.78. The van der Waals surface area contributed by atoms with Gasteiger partial charge in [-0.05, 0) is 63.2 Å². The van der Waals surface area contributed by atoms with Crippen LogP contribution in [0.1, 0.15) is 58.8 Å². The van der Waals surface area contributed by atoms with Crippen molar-refractivity contribution >= 4 is 0 Å². The van der Waals surface area contributed by atoms with Crippen LogP contribution in [0.15, 0.2) is 0 Å². The van der Waals surface area contributed by atoms with Crippen molar-refractivity contribution in [3.63, 3.8) is 0 Å². The molecule has 19 heavy (non-hydrogen) atoms. The first kappa shape index (κ1) is 15.3. The van der Waals surface area contributed by atoms with Gasteiger partial charge in [-0.1, -0.05) is 39.5 Å². The van der Waals surface area contributed by atoms with E-state index in [0.29, 0.717) is 0 Å². The fraction of sp³-hybridized carbons (Fsp3) is 1.00. The summed E-state index contributed by atoms with van der Waals surface area (Å²) in [5.74, 6) is 2.95. The Labute approximate surface area is 120 Å². The van der Waals surface area contributed by atoms with Gasteiger partial charge in [0.1, 0.15) is 0 Å². The second-order valence-electron chi connectivity index (χ2n) is 7.07. The Hall–Kier alpha value is -0.0800. The van der Waals surface area contributed by atoms with Gasteiger partial charge in [0.25, 0.3) is 0 Å². The lowest BCUT2D eigenvalue weighted by Gasteiger charge is -2.27. The molecule has 0 radical (unpaired) electrons. The molecule has 2 aliphatic rings. The van der Waals surface area contributed by atoms with Crippen molar-refractivity contribution in [2.24, 2.45) is 17.8 Å². The molecule has 1 saturated carbocycles. The SMILES string of the molecule is CCCNCC1CCN(CCC2CCC(C)CC2)C1. The predicted octanol–water partition coefficient (Wildman–Crippen LogP) is 3.52. The first-order chi connectivity index (χ1) is 9.28. The molecule has 2 fully saturated rings. The van der Waals surface area contributed by atoms with E-state index in [1.54, 1.807) is 0 Å². The molecule has 1 N–H and O–H groups in total. The average Bonchev–Trinajstić information content (AvgIpc) is 2.86. The molecule has 0 bridgehead atoms. The zero-order valence-corrected chi connectivity index (χ0v) is 13.2. The minimum Gasteiger partial charge on any atom is -0.316 e. The largest absolute Gasteiger partial charge is 0.316 e. The highest BCUT2D eigenvalue weighted by Crippen LogP contribution is 2.30. The van der Waals surface area contributed by atoms with Gasteiger partial charge in [-0.2, -0.15) is 0 Å². The zero-order valence-electron chi connectivity index (χ0n) is 13.2. The van der Waals surface area contributed by atoms with Crippen LogP contribution in [0.4, 0.5) is 0 Å². The summed E-state index contributed by atoms with van der Waals surface area (Å²) in [5.41, 5.74) is 0. The van der Waals surface area contributed by atoms with Crippen molar-refractivity contribution in [2.75, 3.05) is 32.7 Å². The molecule has 0 aromatic rings. The fourth-order valence-corrected chi connectivity index (χ4v) is 3.75. The molecule has 2 rings (SSSR count). The molecule has 1 aliphatic carbocycles. The van der Waals surface area contributed by atoms with Gasteiger partial charge in [0.2, 0.25) is 0 Å². The maximum atomic E-state index is 3.58. The lowest BCUT2D eigenvalue weighted by molar-refractivity contribution is 0.234. The molecule has 1 unspecified atom stereocenters. The highest BCUT2D eigenvalue weighted by atomic mass is 15.1. The summed E-state index contributed by atoms with van der Waals surface area (Å²) in [6, 6.07) is 0. The topological polar surface area (TPSA) is 15.3 Å². The summed E-state index contributed by atoms with van der Waals surface area (Å²) < 4.78 is 0. The molecule has 0 amide bonds. The van der Waals surface area contributed by atoms with E-state index < -0.39 is 0 Å². The van der Waals surface area contributed by atoms with E-state index >= 15 is 0 Å². The van der Waals surface area contributed by atoms with Crippen LogP contribution in [-0.2, 0) is 0 Å². The first-order valence-electron chi connectivity index (χ1n) is 8.71. The Morgan fingerprint density at radius 1 is 1.05 bits per heavy atom. The van der Waals surface area contributed by atoms with Gasteiger partial charge in [-0.15, -0.1) is 0 Å². The number of hydrogen-bond donors (Lipinski definition) is 1. The van der Waals surface area contributed by atoms with Gasteiger partial charge in [-0.25, -0.2) is 0 Å². The summed E-state index contributed by atoms with van der Waals surface area (Å²) in [5, 5.41) is 3.58. The van der Waals surface area contributed by atoms with Gasteiger partial charge in [0, 0.05) is 6.54 Å². The van der Waals surface area contributed by atoms with Crippen LogP contribution in [0.25, 0.3) is 0 Å². The molecular weight excluding hydrogens is 232 g/mol. The second kappa shape index (κ2) is 8.26. The minimum absolute atomic E-state index is 0.915. The Balaban J connectivity index is 1.55. The molecule has 2 nitrogen and oxygen atoms in total. The van der Waals surface area contributed by atoms with Crippen LogP contribution in [0, 0.1) is 17.8 Å². The first-order valence-corrected chi connectivity index (χ1v) is 8.71. The van der Waals surface area contributed by atoms with Crippen molar-refractivity contribution in [2.45, 2.75) is 58.8 Å². The standard InChI is InChI=1S/C17H34N2/c1-3-10-18-13-17-9-12-19(14-17)11-8-16-6-4-15(2)5-7-16/h15-18H,3-14H2,1-2H3. The van der Waals surface area contributed by atoms with E-state index in [4.69, 9.17) is 0 Å². The molecule has 1 heterocycles. The smallest absolute Gasteiger partial charge is 0.00223 e. The molecule has 0 aromatic heterocycles. The lowest BCUT2D eigenvalue weighted by Crippen LogP contribution is -2.28. The van der Waals surface area contributed by atoms with Crippen LogP contribution in [-0.4, -0.2) is 37.6 Å². The van der Waals surface area contributed by atoms with Crippen LogP contribution >= 0.6 is 0 Å². The molecule has 2 heteroatoms.